The lowest BCUT2D eigenvalue weighted by molar-refractivity contribution is 0.447. The van der Waals surface area contributed by atoms with Gasteiger partial charge < -0.3 is 5.11 Å². The number of nitrogens with zero attached hydrogens (tertiary/aromatic N) is 2. The Labute approximate surface area is 101 Å². The molecule has 0 amide bonds. The van der Waals surface area contributed by atoms with E-state index in [1.54, 1.807) is 12.3 Å². The predicted octanol–water partition coefficient (Wildman–Crippen LogP) is 0.223. The van der Waals surface area contributed by atoms with Crippen molar-refractivity contribution in [1.29, 1.82) is 0 Å². The van der Waals surface area contributed by atoms with Crippen molar-refractivity contribution in [1.82, 2.24) is 15.0 Å². The van der Waals surface area contributed by atoms with Crippen molar-refractivity contribution in [3.63, 3.8) is 0 Å². The van der Waals surface area contributed by atoms with Crippen LogP contribution in [0.2, 0.25) is 0 Å². The van der Waals surface area contributed by atoms with E-state index in [0.717, 1.165) is 11.8 Å². The second-order valence-electron chi connectivity index (χ2n) is 3.57. The number of aryl methyl sites for hydroxylation is 1. The third-order valence-corrected chi connectivity index (χ3v) is 2.26. The molecule has 2 rings (SSSR count). The van der Waals surface area contributed by atoms with Gasteiger partial charge >= 0.3 is 5.69 Å². The van der Waals surface area contributed by atoms with Gasteiger partial charge in [0.15, 0.2) is 5.82 Å². The number of rotatable bonds is 2. The zero-order valence-electron chi connectivity index (χ0n) is 9.47. The van der Waals surface area contributed by atoms with E-state index in [9.17, 15) is 14.7 Å². The summed E-state index contributed by atoms with van der Waals surface area (Å²) < 4.78 is 0. The first-order valence-electron chi connectivity index (χ1n) is 5.09. The highest BCUT2D eigenvalue weighted by molar-refractivity contribution is 5.83. The molecule has 0 saturated heterocycles. The molecule has 7 nitrogen and oxygen atoms in total. The first-order valence-corrected chi connectivity index (χ1v) is 5.09. The van der Waals surface area contributed by atoms with Gasteiger partial charge in [0, 0.05) is 12.4 Å². The van der Waals surface area contributed by atoms with E-state index in [4.69, 9.17) is 0 Å². The van der Waals surface area contributed by atoms with Gasteiger partial charge in [0.05, 0.1) is 0 Å². The van der Waals surface area contributed by atoms with Crippen LogP contribution in [0.5, 0.6) is 5.88 Å². The second kappa shape index (κ2) is 4.66. The quantitative estimate of drug-likeness (QED) is 0.658. The van der Waals surface area contributed by atoms with Gasteiger partial charge in [-0.2, -0.15) is 0 Å². The highest BCUT2D eigenvalue weighted by atomic mass is 16.3. The van der Waals surface area contributed by atoms with E-state index < -0.39 is 17.1 Å². The summed E-state index contributed by atoms with van der Waals surface area (Å²) in [5.41, 5.74) is -0.786. The minimum atomic E-state index is -0.774. The minimum Gasteiger partial charge on any atom is -0.494 e. The molecule has 0 aliphatic rings. The molecule has 3 N–H and O–H groups in total. The van der Waals surface area contributed by atoms with Gasteiger partial charge in [-0.25, -0.2) is 14.8 Å². The molecule has 0 spiro atoms. The summed E-state index contributed by atoms with van der Waals surface area (Å²) in [7, 11) is 0. The first-order chi connectivity index (χ1) is 8.58. The molecule has 2 heterocycles. The molecule has 0 radical (unpaired) electrons. The number of aromatic hydroxyl groups is 1. The maximum absolute atomic E-state index is 11.4. The lowest BCUT2D eigenvalue weighted by atomic mass is 10.3. The second-order valence-corrected chi connectivity index (χ2v) is 3.57. The molecular formula is C11H10N4O3. The van der Waals surface area contributed by atoms with E-state index in [2.05, 4.69) is 15.0 Å². The Morgan fingerprint density at radius 3 is 2.83 bits per heavy atom. The topological polar surface area (TPSA) is 111 Å². The lowest BCUT2D eigenvalue weighted by Crippen LogP contribution is -2.24. The van der Waals surface area contributed by atoms with Crippen molar-refractivity contribution in [2.24, 2.45) is 4.99 Å². The van der Waals surface area contributed by atoms with Crippen LogP contribution in [0.15, 0.2) is 32.9 Å². The fourth-order valence-electron chi connectivity index (χ4n) is 1.34. The zero-order valence-corrected chi connectivity index (χ0v) is 9.47. The van der Waals surface area contributed by atoms with Crippen molar-refractivity contribution in [3.05, 3.63) is 50.3 Å². The number of aliphatic imine (C=N–C) groups is 1. The molecule has 2 aromatic rings. The minimum absolute atomic E-state index is 0.125. The molecule has 2 aromatic heterocycles. The average molecular weight is 246 g/mol. The van der Waals surface area contributed by atoms with Gasteiger partial charge in [-0.1, -0.05) is 6.07 Å². The fourth-order valence-corrected chi connectivity index (χ4v) is 1.34. The summed E-state index contributed by atoms with van der Waals surface area (Å²) in [6, 6.07) is 3.58. The van der Waals surface area contributed by atoms with E-state index >= 15 is 0 Å². The highest BCUT2D eigenvalue weighted by Gasteiger charge is 2.05. The van der Waals surface area contributed by atoms with Crippen molar-refractivity contribution < 1.29 is 5.11 Å². The highest BCUT2D eigenvalue weighted by Crippen LogP contribution is 2.13. The van der Waals surface area contributed by atoms with Crippen LogP contribution in [0.1, 0.15) is 11.1 Å². The number of pyridine rings is 1. The maximum Gasteiger partial charge on any atom is 0.328 e. The third-order valence-electron chi connectivity index (χ3n) is 2.26. The normalized spacial score (nSPS) is 10.9. The Balaban J connectivity index is 2.45. The number of hydrogen-bond acceptors (Lipinski definition) is 5. The Hall–Kier alpha value is -2.70. The molecule has 0 aliphatic carbocycles. The maximum atomic E-state index is 11.4. The van der Waals surface area contributed by atoms with Crippen LogP contribution < -0.4 is 11.2 Å². The lowest BCUT2D eigenvalue weighted by Gasteiger charge is -1.98. The molecular weight excluding hydrogens is 236 g/mol. The van der Waals surface area contributed by atoms with Crippen LogP contribution in [0.3, 0.4) is 0 Å². The van der Waals surface area contributed by atoms with Crippen molar-refractivity contribution in [3.8, 4) is 5.88 Å². The van der Waals surface area contributed by atoms with E-state index in [0.29, 0.717) is 5.82 Å². The summed E-state index contributed by atoms with van der Waals surface area (Å²) in [6.07, 6.45) is 2.72. The van der Waals surface area contributed by atoms with Gasteiger partial charge in [-0.05, 0) is 18.6 Å². The van der Waals surface area contributed by atoms with Gasteiger partial charge in [-0.15, -0.1) is 0 Å². The van der Waals surface area contributed by atoms with E-state index in [1.165, 1.54) is 0 Å². The number of nitrogens with one attached hydrogen (secondary N) is 2. The summed E-state index contributed by atoms with van der Waals surface area (Å²) in [5, 5.41) is 9.43. The summed E-state index contributed by atoms with van der Waals surface area (Å²) in [4.78, 5) is 34.3. The van der Waals surface area contributed by atoms with Crippen LogP contribution in [0.25, 0.3) is 0 Å². The van der Waals surface area contributed by atoms with Gasteiger partial charge in [0.2, 0.25) is 5.88 Å². The summed E-state index contributed by atoms with van der Waals surface area (Å²) in [6.45, 7) is 1.82. The number of hydrogen-bond donors (Lipinski definition) is 3. The average Bonchev–Trinajstić information content (AvgIpc) is 2.30. The van der Waals surface area contributed by atoms with Crippen molar-refractivity contribution in [2.75, 3.05) is 0 Å². The zero-order chi connectivity index (χ0) is 13.1. The molecule has 0 aromatic carbocycles. The Morgan fingerprint density at radius 2 is 2.17 bits per heavy atom. The van der Waals surface area contributed by atoms with Crippen LogP contribution in [0.4, 0.5) is 5.82 Å². The standard InChI is InChI=1S/C11H10N4O3/c1-6-3-2-4-12-8(6)13-5-7-9(16)14-11(18)15-10(7)17/h2-5H,1H3,(H3,14,15,16,17,18). The molecule has 0 saturated carbocycles. The number of aromatic nitrogens is 3. The molecule has 92 valence electrons. The monoisotopic (exact) mass is 246 g/mol. The largest absolute Gasteiger partial charge is 0.494 e. The Morgan fingerprint density at radius 1 is 1.39 bits per heavy atom. The summed E-state index contributed by atoms with van der Waals surface area (Å²) >= 11 is 0. The Bertz CT molecular complexity index is 715. The van der Waals surface area contributed by atoms with Crippen LogP contribution in [-0.2, 0) is 0 Å². The third kappa shape index (κ3) is 2.34. The van der Waals surface area contributed by atoms with Gasteiger partial charge in [0.1, 0.15) is 5.56 Å². The number of H-pyrrole nitrogens is 2. The number of aromatic amines is 2. The first kappa shape index (κ1) is 11.8. The Kier molecular flexibility index (Phi) is 3.05. The smallest absolute Gasteiger partial charge is 0.328 e. The fraction of sp³-hybridized carbons (Fsp3) is 0.0909. The van der Waals surface area contributed by atoms with Crippen molar-refractivity contribution >= 4 is 12.0 Å². The van der Waals surface area contributed by atoms with Crippen molar-refractivity contribution in [2.45, 2.75) is 6.92 Å². The molecule has 0 fully saturated rings. The molecule has 0 aliphatic heterocycles. The molecule has 0 atom stereocenters. The van der Waals surface area contributed by atoms with Crippen LogP contribution in [0, 0.1) is 6.92 Å². The van der Waals surface area contributed by atoms with E-state index in [1.807, 2.05) is 18.0 Å². The predicted molar refractivity (Wildman–Crippen MR) is 65.6 cm³/mol. The van der Waals surface area contributed by atoms with Gasteiger partial charge in [0.25, 0.3) is 5.56 Å². The molecule has 0 unspecified atom stereocenters. The van der Waals surface area contributed by atoms with Crippen LogP contribution >= 0.6 is 0 Å². The molecule has 7 heteroatoms. The van der Waals surface area contributed by atoms with E-state index in [-0.39, 0.29) is 5.56 Å². The SMILES string of the molecule is Cc1cccnc1N=Cc1c(O)[nH]c(=O)[nH]c1=O. The van der Waals surface area contributed by atoms with Crippen LogP contribution in [-0.4, -0.2) is 26.3 Å². The molecule has 18 heavy (non-hydrogen) atoms. The van der Waals surface area contributed by atoms with Gasteiger partial charge in [-0.3, -0.25) is 14.8 Å². The summed E-state index contributed by atoms with van der Waals surface area (Å²) in [5.74, 6) is -0.0939. The molecule has 0 bridgehead atoms.